The number of hydrogen-bond donors (Lipinski definition) is 1. The lowest BCUT2D eigenvalue weighted by molar-refractivity contribution is -0.133. The lowest BCUT2D eigenvalue weighted by Gasteiger charge is -2.41. The molecule has 29 heavy (non-hydrogen) atoms. The summed E-state index contributed by atoms with van der Waals surface area (Å²) < 4.78 is 6.80. The van der Waals surface area contributed by atoms with E-state index in [-0.39, 0.29) is 36.0 Å². The van der Waals surface area contributed by atoms with Gasteiger partial charge in [-0.2, -0.15) is 5.10 Å². The number of rotatable bonds is 3. The Morgan fingerprint density at radius 2 is 1.90 bits per heavy atom. The van der Waals surface area contributed by atoms with E-state index in [9.17, 15) is 14.4 Å². The number of likely N-dealkylation sites (N-methyl/N-ethyl adjacent to an activating group) is 1. The molecule has 0 bridgehead atoms. The maximum Gasteiger partial charge on any atom is 0.274 e. The maximum absolute atomic E-state index is 13.1. The highest BCUT2D eigenvalue weighted by Gasteiger charge is 2.47. The third-order valence-electron chi connectivity index (χ3n) is 6.45. The number of carbonyl (C=O) groups excluding carboxylic acids is 3. The normalized spacial score (nSPS) is 25.7. The number of nitrogens with zero attached hydrogens (tertiary/aromatic N) is 4. The zero-order chi connectivity index (χ0) is 20.6. The van der Waals surface area contributed by atoms with Crippen LogP contribution in [0.15, 0.2) is 6.07 Å². The van der Waals surface area contributed by atoms with Gasteiger partial charge < -0.3 is 19.9 Å². The fourth-order valence-corrected chi connectivity index (χ4v) is 4.35. The van der Waals surface area contributed by atoms with Crippen LogP contribution in [-0.2, 0) is 16.1 Å². The molecular weight excluding hydrogens is 374 g/mol. The molecule has 1 aromatic heterocycles. The summed E-state index contributed by atoms with van der Waals surface area (Å²) in [5, 5.41) is 7.52. The topological polar surface area (TPSA) is 96.8 Å². The molecule has 2 aliphatic heterocycles. The molecular formula is C20H29N5O4. The molecule has 158 valence electrons. The smallest absolute Gasteiger partial charge is 0.274 e. The van der Waals surface area contributed by atoms with Crippen molar-refractivity contribution in [3.8, 4) is 0 Å². The van der Waals surface area contributed by atoms with Gasteiger partial charge in [-0.05, 0) is 19.8 Å². The Labute approximate surface area is 170 Å². The Morgan fingerprint density at radius 1 is 1.21 bits per heavy atom. The molecule has 3 amide bonds. The molecule has 1 saturated heterocycles. The highest BCUT2D eigenvalue weighted by molar-refractivity contribution is 6.01. The van der Waals surface area contributed by atoms with Crippen molar-refractivity contribution < 1.29 is 19.1 Å². The van der Waals surface area contributed by atoms with Crippen LogP contribution in [0.25, 0.3) is 0 Å². The molecule has 1 N–H and O–H groups in total. The van der Waals surface area contributed by atoms with Crippen molar-refractivity contribution in [3.05, 3.63) is 17.5 Å². The first-order chi connectivity index (χ1) is 13.9. The Bertz CT molecular complexity index is 810. The van der Waals surface area contributed by atoms with Gasteiger partial charge in [0.1, 0.15) is 11.2 Å². The minimum Gasteiger partial charge on any atom is -0.378 e. The van der Waals surface area contributed by atoms with E-state index in [1.807, 2.05) is 0 Å². The van der Waals surface area contributed by atoms with Crippen LogP contribution in [0, 0.1) is 0 Å². The predicted octanol–water partition coefficient (Wildman–Crippen LogP) is 0.649. The number of ether oxygens (including phenoxy) is 1. The van der Waals surface area contributed by atoms with E-state index in [4.69, 9.17) is 4.74 Å². The Hall–Kier alpha value is -2.42. The van der Waals surface area contributed by atoms with E-state index in [1.165, 1.54) is 22.1 Å². The highest BCUT2D eigenvalue weighted by Crippen LogP contribution is 2.27. The zero-order valence-electron chi connectivity index (χ0n) is 17.1. The van der Waals surface area contributed by atoms with Gasteiger partial charge in [0.15, 0.2) is 5.69 Å². The minimum atomic E-state index is -1.05. The Morgan fingerprint density at radius 3 is 2.59 bits per heavy atom. The highest BCUT2D eigenvalue weighted by atomic mass is 16.5. The van der Waals surface area contributed by atoms with Crippen molar-refractivity contribution in [2.24, 2.45) is 0 Å². The second-order valence-corrected chi connectivity index (χ2v) is 8.42. The first-order valence-corrected chi connectivity index (χ1v) is 10.4. The molecule has 4 rings (SSSR count). The summed E-state index contributed by atoms with van der Waals surface area (Å²) in [6.45, 7) is 4.00. The number of carbonyl (C=O) groups is 3. The van der Waals surface area contributed by atoms with E-state index < -0.39 is 5.54 Å². The van der Waals surface area contributed by atoms with Gasteiger partial charge in [-0.15, -0.1) is 0 Å². The van der Waals surface area contributed by atoms with Gasteiger partial charge >= 0.3 is 0 Å². The molecule has 1 aromatic rings. The summed E-state index contributed by atoms with van der Waals surface area (Å²) in [5.41, 5.74) is -0.472. The van der Waals surface area contributed by atoms with Crippen LogP contribution in [0.2, 0.25) is 0 Å². The molecule has 3 aliphatic rings. The molecule has 0 spiro atoms. The van der Waals surface area contributed by atoms with Crippen LogP contribution in [0.3, 0.4) is 0 Å². The number of hydrogen-bond acceptors (Lipinski definition) is 5. The van der Waals surface area contributed by atoms with Crippen molar-refractivity contribution in [2.75, 3.05) is 33.4 Å². The van der Waals surface area contributed by atoms with Crippen LogP contribution < -0.4 is 5.32 Å². The van der Waals surface area contributed by atoms with Crippen molar-refractivity contribution in [1.82, 2.24) is 24.9 Å². The van der Waals surface area contributed by atoms with Crippen LogP contribution in [0.1, 0.15) is 60.0 Å². The van der Waals surface area contributed by atoms with Gasteiger partial charge in [-0.3, -0.25) is 19.1 Å². The fourth-order valence-electron chi connectivity index (χ4n) is 4.35. The van der Waals surface area contributed by atoms with Crippen LogP contribution in [0.5, 0.6) is 0 Å². The standard InChI is InChI=1S/C20H29N5O4/c1-20(19(28)21-14-6-4-3-5-7-14)13-25-16(18(27)23(20)2)12-15(22-25)17(26)24-8-10-29-11-9-24/h12,14H,3-11,13H2,1-2H3,(H,21,28)/t20-/m0/s1. The number of nitrogens with one attached hydrogen (secondary N) is 1. The van der Waals surface area contributed by atoms with E-state index in [1.54, 1.807) is 18.9 Å². The molecule has 3 heterocycles. The largest absolute Gasteiger partial charge is 0.378 e. The molecule has 0 radical (unpaired) electrons. The number of aromatic nitrogens is 2. The zero-order valence-corrected chi connectivity index (χ0v) is 17.1. The average Bonchev–Trinajstić information content (AvgIpc) is 3.16. The van der Waals surface area contributed by atoms with Crippen molar-refractivity contribution in [3.63, 3.8) is 0 Å². The van der Waals surface area contributed by atoms with E-state index in [0.29, 0.717) is 32.0 Å². The van der Waals surface area contributed by atoms with Gasteiger partial charge in [0.2, 0.25) is 5.91 Å². The molecule has 0 aromatic carbocycles. The van der Waals surface area contributed by atoms with Crippen molar-refractivity contribution in [1.29, 1.82) is 0 Å². The third kappa shape index (κ3) is 3.63. The molecule has 9 heteroatoms. The monoisotopic (exact) mass is 403 g/mol. The summed E-state index contributed by atoms with van der Waals surface area (Å²) in [7, 11) is 1.64. The number of fused-ring (bicyclic) bond motifs is 1. The lowest BCUT2D eigenvalue weighted by Crippen LogP contribution is -2.63. The molecule has 2 fully saturated rings. The van der Waals surface area contributed by atoms with Crippen molar-refractivity contribution >= 4 is 17.7 Å². The Kier molecular flexibility index (Phi) is 5.33. The van der Waals surface area contributed by atoms with Crippen LogP contribution in [0.4, 0.5) is 0 Å². The van der Waals surface area contributed by atoms with Gasteiger partial charge in [0.25, 0.3) is 11.8 Å². The SMILES string of the molecule is CN1C(=O)c2cc(C(=O)N3CCOCC3)nn2C[C@@]1(C)C(=O)NC1CCCCC1. The molecule has 9 nitrogen and oxygen atoms in total. The third-order valence-corrected chi connectivity index (χ3v) is 6.45. The van der Waals surface area contributed by atoms with Gasteiger partial charge in [-0.25, -0.2) is 0 Å². The quantitative estimate of drug-likeness (QED) is 0.799. The first kappa shape index (κ1) is 19.9. The maximum atomic E-state index is 13.1. The van der Waals surface area contributed by atoms with Crippen LogP contribution in [-0.4, -0.2) is 82.2 Å². The minimum absolute atomic E-state index is 0.161. The van der Waals surface area contributed by atoms with Crippen molar-refractivity contribution in [2.45, 2.75) is 57.2 Å². The van der Waals surface area contributed by atoms with Gasteiger partial charge in [0, 0.05) is 32.2 Å². The van der Waals surface area contributed by atoms with E-state index in [0.717, 1.165) is 25.7 Å². The van der Waals surface area contributed by atoms with Gasteiger partial charge in [0.05, 0.1) is 19.8 Å². The summed E-state index contributed by atoms with van der Waals surface area (Å²) in [6, 6.07) is 1.70. The molecule has 1 atom stereocenters. The summed E-state index contributed by atoms with van der Waals surface area (Å²) in [6.07, 6.45) is 5.40. The Balaban J connectivity index is 1.54. The molecule has 0 unspecified atom stereocenters. The second-order valence-electron chi connectivity index (χ2n) is 8.42. The summed E-state index contributed by atoms with van der Waals surface area (Å²) in [5.74, 6) is -0.674. The predicted molar refractivity (Wildman–Crippen MR) is 104 cm³/mol. The average molecular weight is 403 g/mol. The lowest BCUT2D eigenvalue weighted by atomic mass is 9.92. The molecule has 1 aliphatic carbocycles. The van der Waals surface area contributed by atoms with Gasteiger partial charge in [-0.1, -0.05) is 19.3 Å². The second kappa shape index (κ2) is 7.78. The molecule has 1 saturated carbocycles. The first-order valence-electron chi connectivity index (χ1n) is 10.4. The van der Waals surface area contributed by atoms with E-state index >= 15 is 0 Å². The number of amides is 3. The fraction of sp³-hybridized carbons (Fsp3) is 0.700. The summed E-state index contributed by atoms with van der Waals surface area (Å²) >= 11 is 0. The van der Waals surface area contributed by atoms with E-state index in [2.05, 4.69) is 10.4 Å². The van der Waals surface area contributed by atoms with Crippen LogP contribution >= 0.6 is 0 Å². The number of morpholine rings is 1. The summed E-state index contributed by atoms with van der Waals surface area (Å²) in [4.78, 5) is 42.0.